The normalized spacial score (nSPS) is 10.1. The minimum Gasteiger partial charge on any atom is -0.368 e. The van der Waals surface area contributed by atoms with Gasteiger partial charge in [0.15, 0.2) is 6.29 Å². The molecule has 1 aromatic carbocycles. The Balaban J connectivity index is 2.46. The van der Waals surface area contributed by atoms with Crippen molar-refractivity contribution in [2.75, 3.05) is 5.32 Å². The number of aliphatic hydroxyl groups is 2. The van der Waals surface area contributed by atoms with Crippen LogP contribution >= 0.6 is 0 Å². The third-order valence-corrected chi connectivity index (χ3v) is 1.43. The predicted molar refractivity (Wildman–Crippen MR) is 47.9 cm³/mol. The van der Waals surface area contributed by atoms with Gasteiger partial charge < -0.3 is 15.5 Å². The summed E-state index contributed by atoms with van der Waals surface area (Å²) in [6.07, 6.45) is -1.90. The maximum absolute atomic E-state index is 11.0. The molecule has 0 bridgehead atoms. The second kappa shape index (κ2) is 4.59. The van der Waals surface area contributed by atoms with Crippen LogP contribution in [0.4, 0.5) is 5.69 Å². The molecule has 0 spiro atoms. The second-order valence-corrected chi connectivity index (χ2v) is 2.60. The van der Waals surface area contributed by atoms with Crippen LogP contribution in [0.25, 0.3) is 0 Å². The zero-order chi connectivity index (χ0) is 9.68. The van der Waals surface area contributed by atoms with Crippen molar-refractivity contribution in [3.63, 3.8) is 0 Å². The molecular formula is C9H11NO3. The van der Waals surface area contributed by atoms with E-state index < -0.39 is 12.2 Å². The average Bonchev–Trinajstić information content (AvgIpc) is 2.04. The molecule has 0 aliphatic rings. The van der Waals surface area contributed by atoms with Gasteiger partial charge in [-0.3, -0.25) is 4.79 Å². The first-order valence-corrected chi connectivity index (χ1v) is 3.89. The van der Waals surface area contributed by atoms with E-state index in [0.717, 1.165) is 0 Å². The molecule has 0 aromatic heterocycles. The molecule has 1 rings (SSSR count). The Morgan fingerprint density at radius 1 is 1.31 bits per heavy atom. The molecule has 4 heteroatoms. The standard InChI is InChI=1S/C9H11NO3/c11-8(6-9(12)13)10-7-4-2-1-3-5-7/h1-5,9,12-13H,6H2,(H,10,11). The Morgan fingerprint density at radius 3 is 2.46 bits per heavy atom. The molecule has 0 saturated heterocycles. The van der Waals surface area contributed by atoms with Crippen molar-refractivity contribution in [2.24, 2.45) is 0 Å². The number of carbonyl (C=O) groups is 1. The largest absolute Gasteiger partial charge is 0.368 e. The Kier molecular flexibility index (Phi) is 3.42. The van der Waals surface area contributed by atoms with E-state index >= 15 is 0 Å². The van der Waals surface area contributed by atoms with Gasteiger partial charge in [-0.15, -0.1) is 0 Å². The minimum absolute atomic E-state index is 0.311. The van der Waals surface area contributed by atoms with Gasteiger partial charge in [-0.2, -0.15) is 0 Å². The summed E-state index contributed by atoms with van der Waals surface area (Å²) in [6.45, 7) is 0. The fourth-order valence-corrected chi connectivity index (χ4v) is 0.899. The van der Waals surface area contributed by atoms with E-state index in [-0.39, 0.29) is 6.42 Å². The highest BCUT2D eigenvalue weighted by atomic mass is 16.5. The van der Waals surface area contributed by atoms with E-state index in [1.807, 2.05) is 6.07 Å². The average molecular weight is 181 g/mol. The number of rotatable bonds is 3. The summed E-state index contributed by atoms with van der Waals surface area (Å²) in [6, 6.07) is 8.84. The smallest absolute Gasteiger partial charge is 0.229 e. The summed E-state index contributed by atoms with van der Waals surface area (Å²) >= 11 is 0. The zero-order valence-electron chi connectivity index (χ0n) is 6.97. The van der Waals surface area contributed by atoms with Gasteiger partial charge in [0.2, 0.25) is 5.91 Å². The highest BCUT2D eigenvalue weighted by Crippen LogP contribution is 2.05. The molecule has 0 saturated carbocycles. The van der Waals surface area contributed by atoms with Gasteiger partial charge >= 0.3 is 0 Å². The number of aliphatic hydroxyl groups excluding tert-OH is 1. The Hall–Kier alpha value is -1.39. The molecule has 1 amide bonds. The lowest BCUT2D eigenvalue weighted by molar-refractivity contribution is -0.124. The quantitative estimate of drug-likeness (QED) is 0.588. The van der Waals surface area contributed by atoms with E-state index in [2.05, 4.69) is 5.32 Å². The molecule has 1 aromatic rings. The molecule has 0 atom stereocenters. The SMILES string of the molecule is O=C(CC(O)O)Nc1ccccc1. The van der Waals surface area contributed by atoms with Gasteiger partial charge in [0.05, 0.1) is 6.42 Å². The Morgan fingerprint density at radius 2 is 1.92 bits per heavy atom. The molecule has 0 radical (unpaired) electrons. The number of hydrogen-bond donors (Lipinski definition) is 3. The third-order valence-electron chi connectivity index (χ3n) is 1.43. The van der Waals surface area contributed by atoms with E-state index in [1.54, 1.807) is 24.3 Å². The lowest BCUT2D eigenvalue weighted by atomic mass is 10.3. The maximum Gasteiger partial charge on any atom is 0.229 e. The molecule has 0 heterocycles. The minimum atomic E-state index is -1.59. The van der Waals surface area contributed by atoms with Crippen molar-refractivity contribution in [2.45, 2.75) is 12.7 Å². The first kappa shape index (κ1) is 9.70. The fourth-order valence-electron chi connectivity index (χ4n) is 0.899. The number of hydrogen-bond acceptors (Lipinski definition) is 3. The van der Waals surface area contributed by atoms with Crippen molar-refractivity contribution >= 4 is 11.6 Å². The van der Waals surface area contributed by atoms with Gasteiger partial charge in [-0.1, -0.05) is 18.2 Å². The monoisotopic (exact) mass is 181 g/mol. The number of anilines is 1. The van der Waals surface area contributed by atoms with Crippen LogP contribution in [0.2, 0.25) is 0 Å². The molecular weight excluding hydrogens is 170 g/mol. The molecule has 0 aliphatic heterocycles. The van der Waals surface area contributed by atoms with Gasteiger partial charge in [-0.25, -0.2) is 0 Å². The van der Waals surface area contributed by atoms with Crippen LogP contribution < -0.4 is 5.32 Å². The predicted octanol–water partition coefficient (Wildman–Crippen LogP) is 0.326. The number of amides is 1. The van der Waals surface area contributed by atoms with Gasteiger partial charge in [0.1, 0.15) is 0 Å². The molecule has 0 fully saturated rings. The molecule has 13 heavy (non-hydrogen) atoms. The van der Waals surface area contributed by atoms with E-state index in [1.165, 1.54) is 0 Å². The Labute approximate surface area is 75.8 Å². The molecule has 3 N–H and O–H groups in total. The summed E-state index contributed by atoms with van der Waals surface area (Å²) in [5, 5.41) is 19.5. The fraction of sp³-hybridized carbons (Fsp3) is 0.222. The lowest BCUT2D eigenvalue weighted by Crippen LogP contribution is -2.18. The van der Waals surface area contributed by atoms with Crippen LogP contribution in [0.5, 0.6) is 0 Å². The molecule has 4 nitrogen and oxygen atoms in total. The van der Waals surface area contributed by atoms with Gasteiger partial charge in [-0.05, 0) is 12.1 Å². The van der Waals surface area contributed by atoms with E-state index in [4.69, 9.17) is 10.2 Å². The van der Waals surface area contributed by atoms with Crippen LogP contribution in [-0.2, 0) is 4.79 Å². The summed E-state index contributed by atoms with van der Waals surface area (Å²) in [5.41, 5.74) is 0.646. The van der Waals surface area contributed by atoms with Crippen LogP contribution in [0.15, 0.2) is 30.3 Å². The third kappa shape index (κ3) is 3.68. The van der Waals surface area contributed by atoms with Crippen molar-refractivity contribution in [1.29, 1.82) is 0 Å². The van der Waals surface area contributed by atoms with Crippen LogP contribution in [0.3, 0.4) is 0 Å². The molecule has 0 unspecified atom stereocenters. The summed E-state index contributed by atoms with van der Waals surface area (Å²) in [4.78, 5) is 11.0. The zero-order valence-corrected chi connectivity index (χ0v) is 6.97. The first-order chi connectivity index (χ1) is 6.18. The lowest BCUT2D eigenvalue weighted by Gasteiger charge is -2.05. The summed E-state index contributed by atoms with van der Waals surface area (Å²) in [5.74, 6) is -0.416. The van der Waals surface area contributed by atoms with Crippen molar-refractivity contribution in [3.8, 4) is 0 Å². The summed E-state index contributed by atoms with van der Waals surface area (Å²) < 4.78 is 0. The van der Waals surface area contributed by atoms with Crippen molar-refractivity contribution in [3.05, 3.63) is 30.3 Å². The van der Waals surface area contributed by atoms with E-state index in [0.29, 0.717) is 5.69 Å². The number of para-hydroxylation sites is 1. The second-order valence-electron chi connectivity index (χ2n) is 2.60. The van der Waals surface area contributed by atoms with Crippen molar-refractivity contribution < 1.29 is 15.0 Å². The molecule has 70 valence electrons. The topological polar surface area (TPSA) is 69.6 Å². The highest BCUT2D eigenvalue weighted by Gasteiger charge is 2.06. The highest BCUT2D eigenvalue weighted by molar-refractivity contribution is 5.90. The summed E-state index contributed by atoms with van der Waals surface area (Å²) in [7, 11) is 0. The maximum atomic E-state index is 11.0. The van der Waals surface area contributed by atoms with Crippen LogP contribution in [-0.4, -0.2) is 22.4 Å². The number of benzene rings is 1. The Bertz CT molecular complexity index is 271. The van der Waals surface area contributed by atoms with Crippen LogP contribution in [0.1, 0.15) is 6.42 Å². The van der Waals surface area contributed by atoms with Gasteiger partial charge in [0, 0.05) is 5.69 Å². The van der Waals surface area contributed by atoms with E-state index in [9.17, 15) is 4.79 Å². The number of carbonyl (C=O) groups excluding carboxylic acids is 1. The number of nitrogens with one attached hydrogen (secondary N) is 1. The first-order valence-electron chi connectivity index (χ1n) is 3.89. The molecule has 0 aliphatic carbocycles. The van der Waals surface area contributed by atoms with Gasteiger partial charge in [0.25, 0.3) is 0 Å². The van der Waals surface area contributed by atoms with Crippen molar-refractivity contribution in [1.82, 2.24) is 0 Å². The van der Waals surface area contributed by atoms with Crippen LogP contribution in [0, 0.1) is 0 Å².